The molecule has 5 heteroatoms. The van der Waals surface area contributed by atoms with Crippen molar-refractivity contribution in [1.82, 2.24) is 4.98 Å². The van der Waals surface area contributed by atoms with Gasteiger partial charge in [0.1, 0.15) is 5.75 Å². The van der Waals surface area contributed by atoms with Gasteiger partial charge in [0, 0.05) is 16.6 Å². The number of aryl methyl sites for hydroxylation is 3. The van der Waals surface area contributed by atoms with E-state index in [0.717, 1.165) is 27.6 Å². The summed E-state index contributed by atoms with van der Waals surface area (Å²) in [5, 5.41) is 10.2. The van der Waals surface area contributed by atoms with Gasteiger partial charge in [-0.05, 0) is 81.7 Å². The number of ketones is 1. The average molecular weight is 403 g/mol. The van der Waals surface area contributed by atoms with Crippen LogP contribution >= 0.6 is 0 Å². The first-order valence-corrected chi connectivity index (χ1v) is 9.71. The zero-order valence-electron chi connectivity index (χ0n) is 17.8. The van der Waals surface area contributed by atoms with E-state index in [1.54, 1.807) is 6.08 Å². The number of carboxylic acids is 1. The summed E-state index contributed by atoms with van der Waals surface area (Å²) in [4.78, 5) is 28.6. The van der Waals surface area contributed by atoms with Crippen molar-refractivity contribution in [2.75, 3.05) is 0 Å². The molecule has 0 aliphatic rings. The van der Waals surface area contributed by atoms with E-state index in [0.29, 0.717) is 17.0 Å². The van der Waals surface area contributed by atoms with Gasteiger partial charge >= 0.3 is 5.97 Å². The minimum atomic E-state index is -1.33. The molecule has 0 fully saturated rings. The van der Waals surface area contributed by atoms with E-state index in [-0.39, 0.29) is 5.78 Å². The molecule has 0 amide bonds. The molecule has 3 aromatic rings. The number of carboxylic acid groups (broad SMARTS) is 1. The lowest BCUT2D eigenvalue weighted by atomic mass is 10.0. The van der Waals surface area contributed by atoms with Crippen molar-refractivity contribution in [3.63, 3.8) is 0 Å². The standard InChI is InChI=1S/C25H25NO4/c1-15-12-18(13-16(2)23(15)30-25(4,5)24(28)29)10-11-22(27)20-14-19-8-6-7-9-21(19)26-17(20)3/h6-14H,1-5H3,(H,28,29). The van der Waals surface area contributed by atoms with E-state index in [2.05, 4.69) is 4.98 Å². The van der Waals surface area contributed by atoms with Gasteiger partial charge in [-0.3, -0.25) is 9.78 Å². The number of ether oxygens (including phenoxy) is 1. The van der Waals surface area contributed by atoms with Gasteiger partial charge in [-0.15, -0.1) is 0 Å². The van der Waals surface area contributed by atoms with E-state index >= 15 is 0 Å². The first kappa shape index (κ1) is 21.2. The second kappa shape index (κ2) is 8.11. The quantitative estimate of drug-likeness (QED) is 0.446. The van der Waals surface area contributed by atoms with Crippen molar-refractivity contribution in [2.45, 2.75) is 40.2 Å². The summed E-state index contributed by atoms with van der Waals surface area (Å²) in [5.74, 6) is -0.607. The predicted octanol–water partition coefficient (Wildman–Crippen LogP) is 5.30. The Bertz CT molecular complexity index is 1150. The number of hydrogen-bond donors (Lipinski definition) is 1. The van der Waals surface area contributed by atoms with Crippen LogP contribution in [0, 0.1) is 20.8 Å². The normalized spacial score (nSPS) is 11.8. The molecule has 0 saturated heterocycles. The lowest BCUT2D eigenvalue weighted by Crippen LogP contribution is -2.38. The maximum atomic E-state index is 12.8. The van der Waals surface area contributed by atoms with Crippen LogP contribution in [-0.2, 0) is 4.79 Å². The number of carbonyl (C=O) groups excluding carboxylic acids is 1. The Hall–Kier alpha value is -3.47. The molecule has 0 saturated carbocycles. The number of para-hydroxylation sites is 1. The smallest absolute Gasteiger partial charge is 0.347 e. The Morgan fingerprint density at radius 3 is 2.30 bits per heavy atom. The molecule has 154 valence electrons. The van der Waals surface area contributed by atoms with Crippen molar-refractivity contribution in [1.29, 1.82) is 0 Å². The van der Waals surface area contributed by atoms with Gasteiger partial charge in [-0.1, -0.05) is 24.3 Å². The summed E-state index contributed by atoms with van der Waals surface area (Å²) < 4.78 is 5.73. The predicted molar refractivity (Wildman–Crippen MR) is 118 cm³/mol. The van der Waals surface area contributed by atoms with Crippen LogP contribution in [0.25, 0.3) is 17.0 Å². The highest BCUT2D eigenvalue weighted by molar-refractivity contribution is 6.09. The lowest BCUT2D eigenvalue weighted by Gasteiger charge is -2.24. The minimum Gasteiger partial charge on any atom is -0.478 e. The minimum absolute atomic E-state index is 0.117. The van der Waals surface area contributed by atoms with Crippen LogP contribution in [0.3, 0.4) is 0 Å². The van der Waals surface area contributed by atoms with E-state index in [1.165, 1.54) is 19.9 Å². The number of fused-ring (bicyclic) bond motifs is 1. The van der Waals surface area contributed by atoms with Gasteiger partial charge < -0.3 is 9.84 Å². The molecule has 0 aliphatic carbocycles. The number of pyridine rings is 1. The fourth-order valence-electron chi connectivity index (χ4n) is 3.26. The largest absolute Gasteiger partial charge is 0.478 e. The number of hydrogen-bond acceptors (Lipinski definition) is 4. The SMILES string of the molecule is Cc1cc(C=CC(=O)c2cc3ccccc3nc2C)cc(C)c1OC(C)(C)C(=O)O. The van der Waals surface area contributed by atoms with Gasteiger partial charge in [0.15, 0.2) is 11.4 Å². The first-order valence-electron chi connectivity index (χ1n) is 9.71. The van der Waals surface area contributed by atoms with Crippen LogP contribution in [0.5, 0.6) is 5.75 Å². The maximum Gasteiger partial charge on any atom is 0.347 e. The molecule has 1 N–H and O–H groups in total. The molecule has 0 spiro atoms. The van der Waals surface area contributed by atoms with E-state index in [4.69, 9.17) is 4.74 Å². The number of rotatable bonds is 6. The fourth-order valence-corrected chi connectivity index (χ4v) is 3.26. The maximum absolute atomic E-state index is 12.8. The molecule has 3 rings (SSSR count). The van der Waals surface area contributed by atoms with Gasteiger partial charge in [0.05, 0.1) is 5.52 Å². The summed E-state index contributed by atoms with van der Waals surface area (Å²) >= 11 is 0. The third-order valence-corrected chi connectivity index (χ3v) is 4.96. The molecule has 1 heterocycles. The number of nitrogens with zero attached hydrogens (tertiary/aromatic N) is 1. The zero-order chi connectivity index (χ0) is 22.1. The third-order valence-electron chi connectivity index (χ3n) is 4.96. The van der Waals surface area contributed by atoms with Crippen molar-refractivity contribution < 1.29 is 19.4 Å². The Morgan fingerprint density at radius 2 is 1.67 bits per heavy atom. The van der Waals surface area contributed by atoms with Crippen molar-refractivity contribution in [2.24, 2.45) is 0 Å². The molecule has 0 atom stereocenters. The third kappa shape index (κ3) is 4.40. The molecule has 1 aromatic heterocycles. The number of carbonyl (C=O) groups is 2. The molecule has 0 bridgehead atoms. The molecule has 0 radical (unpaired) electrons. The lowest BCUT2D eigenvalue weighted by molar-refractivity contribution is -0.152. The number of aliphatic carboxylic acids is 1. The van der Waals surface area contributed by atoms with Crippen molar-refractivity contribution in [3.05, 3.63) is 76.5 Å². The Labute approximate surface area is 176 Å². The molecular formula is C25H25NO4. The molecule has 5 nitrogen and oxygen atoms in total. The van der Waals surface area contributed by atoms with E-state index in [1.807, 2.05) is 63.2 Å². The Kier molecular flexibility index (Phi) is 5.74. The highest BCUT2D eigenvalue weighted by Gasteiger charge is 2.30. The number of benzene rings is 2. The Balaban J connectivity index is 1.87. The van der Waals surface area contributed by atoms with Gasteiger partial charge in [-0.2, -0.15) is 0 Å². The fraction of sp³-hybridized carbons (Fsp3) is 0.240. The zero-order valence-corrected chi connectivity index (χ0v) is 17.8. The molecular weight excluding hydrogens is 378 g/mol. The summed E-state index contributed by atoms with van der Waals surface area (Å²) in [7, 11) is 0. The van der Waals surface area contributed by atoms with Gasteiger partial charge in [0.2, 0.25) is 0 Å². The summed E-state index contributed by atoms with van der Waals surface area (Å²) in [6.07, 6.45) is 3.29. The Morgan fingerprint density at radius 1 is 1.03 bits per heavy atom. The van der Waals surface area contributed by atoms with Crippen LogP contribution in [0.15, 0.2) is 48.5 Å². The molecule has 2 aromatic carbocycles. The summed E-state index contributed by atoms with van der Waals surface area (Å²) in [6, 6.07) is 13.3. The van der Waals surface area contributed by atoms with Crippen LogP contribution in [0.2, 0.25) is 0 Å². The molecule has 0 aliphatic heterocycles. The van der Waals surface area contributed by atoms with Crippen LogP contribution in [-0.4, -0.2) is 27.4 Å². The van der Waals surface area contributed by atoms with Crippen LogP contribution < -0.4 is 4.74 Å². The average Bonchev–Trinajstić information content (AvgIpc) is 2.68. The van der Waals surface area contributed by atoms with Gasteiger partial charge in [0.25, 0.3) is 0 Å². The second-order valence-corrected chi connectivity index (χ2v) is 7.91. The summed E-state index contributed by atoms with van der Waals surface area (Å²) in [6.45, 7) is 8.58. The number of allylic oxidation sites excluding steroid dienone is 1. The first-order chi connectivity index (χ1) is 14.1. The van der Waals surface area contributed by atoms with Gasteiger partial charge in [-0.25, -0.2) is 4.79 Å². The van der Waals surface area contributed by atoms with Crippen LogP contribution in [0.4, 0.5) is 0 Å². The topological polar surface area (TPSA) is 76.5 Å². The second-order valence-electron chi connectivity index (χ2n) is 7.91. The van der Waals surface area contributed by atoms with E-state index < -0.39 is 11.6 Å². The highest BCUT2D eigenvalue weighted by Crippen LogP contribution is 2.29. The van der Waals surface area contributed by atoms with E-state index in [9.17, 15) is 14.7 Å². The van der Waals surface area contributed by atoms with Crippen molar-refractivity contribution in [3.8, 4) is 5.75 Å². The highest BCUT2D eigenvalue weighted by atomic mass is 16.5. The molecule has 0 unspecified atom stereocenters. The van der Waals surface area contributed by atoms with Crippen LogP contribution in [0.1, 0.15) is 46.6 Å². The summed E-state index contributed by atoms with van der Waals surface area (Å²) in [5.41, 5.74) is 3.24. The van der Waals surface area contributed by atoms with Crippen molar-refractivity contribution >= 4 is 28.7 Å². The monoisotopic (exact) mass is 403 g/mol. The number of aromatic nitrogens is 1. The molecule has 30 heavy (non-hydrogen) atoms.